The van der Waals surface area contributed by atoms with Crippen LogP contribution >= 0.6 is 11.3 Å². The fourth-order valence-electron chi connectivity index (χ4n) is 4.81. The molecule has 2 aliphatic rings. The first-order chi connectivity index (χ1) is 20.6. The Labute approximate surface area is 250 Å². The molecule has 0 bridgehead atoms. The zero-order chi connectivity index (χ0) is 30.7. The molecule has 16 heteroatoms. The number of benzene rings is 1. The van der Waals surface area contributed by atoms with E-state index in [-0.39, 0.29) is 16.5 Å². The van der Waals surface area contributed by atoms with Crippen LogP contribution in [0.25, 0.3) is 10.9 Å². The van der Waals surface area contributed by atoms with Gasteiger partial charge in [0.15, 0.2) is 10.8 Å². The number of aliphatic carboxylic acids is 1. The number of amides is 2. The lowest BCUT2D eigenvalue weighted by Crippen LogP contribution is -2.76. The fraction of sp³-hybridized carbons (Fsp3) is 0.407. The number of nitrogens with two attached hydrogens (primary N) is 1. The van der Waals surface area contributed by atoms with Crippen LogP contribution in [0.4, 0.5) is 10.9 Å². The zero-order valence-electron chi connectivity index (χ0n) is 23.7. The van der Waals surface area contributed by atoms with Crippen LogP contribution in [-0.4, -0.2) is 94.2 Å². The summed E-state index contributed by atoms with van der Waals surface area (Å²) in [6.07, 6.45) is -0.552. The van der Waals surface area contributed by atoms with E-state index in [9.17, 15) is 19.5 Å². The lowest BCUT2D eigenvalue weighted by molar-refractivity contribution is -0.245. The molecule has 6 N–H and O–H groups in total. The van der Waals surface area contributed by atoms with Crippen molar-refractivity contribution in [2.24, 2.45) is 5.16 Å². The number of ether oxygens (including phenoxy) is 1. The highest BCUT2D eigenvalue weighted by Gasteiger charge is 2.56. The number of carboxylic acid groups (broad SMARTS) is 1. The Balaban J connectivity index is 1.27. The van der Waals surface area contributed by atoms with E-state index < -0.39 is 42.1 Å². The number of nitrogens with one attached hydrogen (secondary N) is 3. The number of rotatable bonds is 12. The van der Waals surface area contributed by atoms with Crippen molar-refractivity contribution in [1.29, 1.82) is 0 Å². The number of β-lactam (4-membered cyclic amide) rings is 1. The van der Waals surface area contributed by atoms with E-state index in [4.69, 9.17) is 20.1 Å². The number of nitrogens with zero attached hydrogens (tertiary/aromatic N) is 4. The van der Waals surface area contributed by atoms with Crippen molar-refractivity contribution in [3.05, 3.63) is 41.4 Å². The molecule has 0 spiro atoms. The predicted octanol–water partition coefficient (Wildman–Crippen LogP) is 0.967. The summed E-state index contributed by atoms with van der Waals surface area (Å²) in [5.74, 6) is -1.47. The van der Waals surface area contributed by atoms with Crippen LogP contribution in [-0.2, 0) is 24.1 Å². The first kappa shape index (κ1) is 29.9. The van der Waals surface area contributed by atoms with Crippen LogP contribution in [0.2, 0.25) is 0 Å². The van der Waals surface area contributed by atoms with Gasteiger partial charge in [-0.25, -0.2) is 19.8 Å². The number of hydroxylamine groups is 2. The number of carbonyl (C=O) groups excluding carboxylic acids is 2. The molecule has 228 valence electrons. The number of fused-ring (bicyclic) bond motifs is 1. The molecule has 2 aliphatic heterocycles. The van der Waals surface area contributed by atoms with Crippen LogP contribution in [0.15, 0.2) is 40.9 Å². The number of hydrogen-bond donors (Lipinski definition) is 5. The third-order valence-electron chi connectivity index (χ3n) is 7.14. The number of aromatic nitrogens is 2. The minimum Gasteiger partial charge on any atom is -0.489 e. The number of anilines is 2. The molecule has 2 amide bonds. The van der Waals surface area contributed by atoms with Crippen LogP contribution in [0.5, 0.6) is 5.75 Å². The van der Waals surface area contributed by atoms with Gasteiger partial charge in [0.1, 0.15) is 29.9 Å². The molecule has 3 atom stereocenters. The minimum atomic E-state index is -1.58. The second kappa shape index (κ2) is 12.4. The number of carboxylic acids is 1. The van der Waals surface area contributed by atoms with E-state index in [0.717, 1.165) is 52.6 Å². The van der Waals surface area contributed by atoms with E-state index in [1.54, 1.807) is 32.0 Å². The standard InChI is InChI=1S/C27H32N8O7S/c1-27(2)22(24(37)35(27)40-3)33-23(36)21(18-13-43-26(28)32-18)34-42-19(25(38)39)12-41-16-5-6-17-14(10-16)4-7-20(31-17)30-15-8-9-29-11-15/h4-7,10,13,15,19,22,29H,8-9,11-12H2,1-3H3,(H2,28,32)(H,30,31)(H,33,36)(H,38,39)/b34-21-/t15-,19-,22+/m0/s1. The Kier molecular flexibility index (Phi) is 8.61. The van der Waals surface area contributed by atoms with E-state index >= 15 is 0 Å². The van der Waals surface area contributed by atoms with Crippen molar-refractivity contribution >= 4 is 56.7 Å². The number of hydrogen-bond acceptors (Lipinski definition) is 13. The maximum absolute atomic E-state index is 13.2. The Morgan fingerprint density at radius 1 is 1.30 bits per heavy atom. The normalized spacial score (nSPS) is 20.4. The molecular weight excluding hydrogens is 580 g/mol. The van der Waals surface area contributed by atoms with Gasteiger partial charge in [-0.1, -0.05) is 5.16 Å². The molecule has 0 radical (unpaired) electrons. The van der Waals surface area contributed by atoms with Crippen LogP contribution in [0.3, 0.4) is 0 Å². The van der Waals surface area contributed by atoms with Gasteiger partial charge >= 0.3 is 5.97 Å². The summed E-state index contributed by atoms with van der Waals surface area (Å²) in [7, 11) is 1.35. The molecule has 0 aliphatic carbocycles. The lowest BCUT2D eigenvalue weighted by atomic mass is 9.84. The fourth-order valence-corrected chi connectivity index (χ4v) is 5.36. The van der Waals surface area contributed by atoms with Crippen molar-refractivity contribution < 1.29 is 33.9 Å². The van der Waals surface area contributed by atoms with Gasteiger partial charge in [-0.05, 0) is 57.1 Å². The van der Waals surface area contributed by atoms with Gasteiger partial charge in [-0.15, -0.1) is 11.3 Å². The van der Waals surface area contributed by atoms with Gasteiger partial charge in [0.2, 0.25) is 0 Å². The van der Waals surface area contributed by atoms with E-state index in [0.29, 0.717) is 11.8 Å². The SMILES string of the molecule is CON1C(=O)[C@@H](NC(=O)/C(=N\O[C@@H](COc2ccc3nc(N[C@H]4CCNC4)ccc3c2)C(=O)O)c2csc(N)n2)C1(C)C. The van der Waals surface area contributed by atoms with Crippen molar-refractivity contribution in [1.82, 2.24) is 25.7 Å². The summed E-state index contributed by atoms with van der Waals surface area (Å²) in [6, 6.07) is 8.38. The second-order valence-corrected chi connectivity index (χ2v) is 11.4. The van der Waals surface area contributed by atoms with Crippen molar-refractivity contribution in [2.45, 2.75) is 44.0 Å². The molecule has 5 rings (SSSR count). The van der Waals surface area contributed by atoms with Gasteiger partial charge in [0.05, 0.1) is 18.2 Å². The van der Waals surface area contributed by atoms with Crippen LogP contribution in [0, 0.1) is 0 Å². The molecule has 3 aromatic rings. The summed E-state index contributed by atoms with van der Waals surface area (Å²) >= 11 is 1.05. The highest BCUT2D eigenvalue weighted by atomic mass is 32.1. The van der Waals surface area contributed by atoms with Crippen molar-refractivity contribution in [3.63, 3.8) is 0 Å². The summed E-state index contributed by atoms with van der Waals surface area (Å²) < 4.78 is 5.71. The highest BCUT2D eigenvalue weighted by molar-refractivity contribution is 7.13. The Bertz CT molecular complexity index is 1560. The van der Waals surface area contributed by atoms with Gasteiger partial charge in [0, 0.05) is 23.4 Å². The number of oxime groups is 1. The second-order valence-electron chi connectivity index (χ2n) is 10.5. The van der Waals surface area contributed by atoms with E-state index in [2.05, 4.69) is 31.1 Å². The summed E-state index contributed by atoms with van der Waals surface area (Å²) in [6.45, 7) is 4.86. The molecule has 0 saturated carbocycles. The molecule has 2 saturated heterocycles. The maximum Gasteiger partial charge on any atom is 0.351 e. The number of carbonyl (C=O) groups is 3. The molecule has 4 heterocycles. The molecule has 43 heavy (non-hydrogen) atoms. The first-order valence-corrected chi connectivity index (χ1v) is 14.3. The largest absolute Gasteiger partial charge is 0.489 e. The number of nitrogen functional groups attached to an aromatic ring is 1. The summed E-state index contributed by atoms with van der Waals surface area (Å²) in [5.41, 5.74) is 5.34. The quantitative estimate of drug-likeness (QED) is 0.110. The zero-order valence-corrected chi connectivity index (χ0v) is 24.5. The average Bonchev–Trinajstić information content (AvgIpc) is 3.65. The molecule has 2 fully saturated rings. The smallest absolute Gasteiger partial charge is 0.351 e. The Morgan fingerprint density at radius 3 is 2.77 bits per heavy atom. The maximum atomic E-state index is 13.2. The van der Waals surface area contributed by atoms with Crippen molar-refractivity contribution in [3.8, 4) is 5.75 Å². The predicted molar refractivity (Wildman–Crippen MR) is 158 cm³/mol. The third-order valence-corrected chi connectivity index (χ3v) is 7.81. The van der Waals surface area contributed by atoms with Crippen molar-refractivity contribution in [2.75, 3.05) is 37.9 Å². The summed E-state index contributed by atoms with van der Waals surface area (Å²) in [5, 5.41) is 26.4. The van der Waals surface area contributed by atoms with E-state index in [1.165, 1.54) is 12.5 Å². The van der Waals surface area contributed by atoms with Crippen LogP contribution in [0.1, 0.15) is 26.0 Å². The third kappa shape index (κ3) is 6.45. The average molecular weight is 613 g/mol. The first-order valence-electron chi connectivity index (χ1n) is 13.4. The van der Waals surface area contributed by atoms with E-state index in [1.807, 2.05) is 12.1 Å². The Hall–Kier alpha value is -4.54. The number of pyridine rings is 1. The number of thiazole rings is 1. The Morgan fingerprint density at radius 2 is 2.12 bits per heavy atom. The molecule has 0 unspecified atom stereocenters. The molecular formula is C27H32N8O7S. The molecule has 2 aromatic heterocycles. The lowest BCUT2D eigenvalue weighted by Gasteiger charge is -2.51. The van der Waals surface area contributed by atoms with Gasteiger partial charge in [-0.3, -0.25) is 14.4 Å². The van der Waals surface area contributed by atoms with Gasteiger partial charge in [-0.2, -0.15) is 0 Å². The molecule has 1 aromatic carbocycles. The minimum absolute atomic E-state index is 0.0540. The van der Waals surface area contributed by atoms with Gasteiger partial charge in [0.25, 0.3) is 17.9 Å². The topological polar surface area (TPSA) is 203 Å². The monoisotopic (exact) mass is 612 g/mol. The molecule has 15 nitrogen and oxygen atoms in total. The van der Waals surface area contributed by atoms with Gasteiger partial charge < -0.3 is 36.4 Å². The van der Waals surface area contributed by atoms with Crippen LogP contribution < -0.4 is 26.4 Å². The highest BCUT2D eigenvalue weighted by Crippen LogP contribution is 2.31. The summed E-state index contributed by atoms with van der Waals surface area (Å²) in [4.78, 5) is 56.6.